The van der Waals surface area contributed by atoms with Gasteiger partial charge in [-0.25, -0.2) is 5.10 Å². The molecule has 2 aromatic rings. The number of halogens is 1. The highest BCUT2D eigenvalue weighted by Crippen LogP contribution is 2.41. The summed E-state index contributed by atoms with van der Waals surface area (Å²) in [5.74, 6) is 0.639. The van der Waals surface area contributed by atoms with E-state index in [2.05, 4.69) is 34.8 Å². The van der Waals surface area contributed by atoms with Crippen LogP contribution >= 0.6 is 11.8 Å². The van der Waals surface area contributed by atoms with Crippen LogP contribution in [-0.4, -0.2) is 31.6 Å². The number of rotatable bonds is 2. The average molecular weight is 342 g/mol. The quantitative estimate of drug-likeness (QED) is 0.490. The van der Waals surface area contributed by atoms with E-state index in [1.54, 1.807) is 17.8 Å². The van der Waals surface area contributed by atoms with E-state index in [1.165, 1.54) is 11.1 Å². The van der Waals surface area contributed by atoms with Crippen LogP contribution in [0, 0.1) is 0 Å². The minimum atomic E-state index is -0.119. The number of aromatic amines is 1. The molecule has 1 aromatic heterocycles. The topological polar surface area (TPSA) is 115 Å². The minimum absolute atomic E-state index is 0. The van der Waals surface area contributed by atoms with E-state index in [4.69, 9.17) is 5.73 Å². The van der Waals surface area contributed by atoms with Gasteiger partial charge < -0.3 is 29.0 Å². The van der Waals surface area contributed by atoms with Crippen LogP contribution in [0.5, 0.6) is 5.75 Å². The highest BCUT2D eigenvalue weighted by atomic mass is 35.5. The summed E-state index contributed by atoms with van der Waals surface area (Å²) in [5, 5.41) is 17.4. The highest BCUT2D eigenvalue weighted by Gasteiger charge is 2.44. The second-order valence-corrected chi connectivity index (χ2v) is 7.24. The Kier molecular flexibility index (Phi) is 4.60. The smallest absolute Gasteiger partial charge is 0.216 e. The molecular weight excluding hydrogens is 322 g/mol. The number of benzene rings is 1. The van der Waals surface area contributed by atoms with Gasteiger partial charge in [0.1, 0.15) is 11.8 Å². The summed E-state index contributed by atoms with van der Waals surface area (Å²) in [6, 6.07) is 5.78. The van der Waals surface area contributed by atoms with Gasteiger partial charge in [-0.2, -0.15) is 4.98 Å². The number of nitrogens with one attached hydrogen (secondary N) is 1. The Bertz CT molecular complexity index is 675. The van der Waals surface area contributed by atoms with E-state index >= 15 is 0 Å². The summed E-state index contributed by atoms with van der Waals surface area (Å²) in [6.07, 6.45) is 0.881. The molecule has 22 heavy (non-hydrogen) atoms. The van der Waals surface area contributed by atoms with Crippen molar-refractivity contribution in [2.75, 3.05) is 5.73 Å². The summed E-state index contributed by atoms with van der Waals surface area (Å²) in [4.78, 5) is 4.16. The lowest BCUT2D eigenvalue weighted by Gasteiger charge is -2.40. The third-order valence-corrected chi connectivity index (χ3v) is 5.51. The maximum Gasteiger partial charge on any atom is 0.216 e. The Morgan fingerprint density at radius 1 is 1.45 bits per heavy atom. The SMILES string of the molecule is CC1(C)c2cc(O)ccc2C[C@@H](Sc2n[nH]c(N)n2)[C@@H]1[NH3+].[Cl-]. The molecule has 0 bridgehead atoms. The average Bonchev–Trinajstić information content (AvgIpc) is 2.83. The van der Waals surface area contributed by atoms with E-state index in [0.29, 0.717) is 16.9 Å². The second-order valence-electron chi connectivity index (χ2n) is 6.03. The standard InChI is InChI=1S/C14H19N5OS.ClH/c1-14(2)9-6-8(20)4-3-7(9)5-10(11(14)15)21-13-17-12(16)18-19-13;/h3-4,6,10-11,20H,5,15H2,1-2H3,(H3,16,17,18,19);1H/t10-,11+;/m1./s1. The van der Waals surface area contributed by atoms with Gasteiger partial charge in [0, 0.05) is 5.41 Å². The molecule has 0 saturated carbocycles. The van der Waals surface area contributed by atoms with Crippen LogP contribution < -0.4 is 23.9 Å². The third-order valence-electron chi connectivity index (χ3n) is 4.32. The zero-order valence-electron chi connectivity index (χ0n) is 12.5. The maximum absolute atomic E-state index is 9.75. The van der Waals surface area contributed by atoms with Crippen molar-refractivity contribution in [1.29, 1.82) is 0 Å². The largest absolute Gasteiger partial charge is 1.00 e. The molecular formula is C14H20ClN5OS. The Hall–Kier alpha value is -1.44. The fourth-order valence-corrected chi connectivity index (χ4v) is 4.22. The van der Waals surface area contributed by atoms with Crippen LogP contribution in [0.25, 0.3) is 0 Å². The number of nitrogens with two attached hydrogens (primary N) is 1. The molecule has 1 aromatic carbocycles. The molecule has 120 valence electrons. The number of nitrogens with zero attached hydrogens (tertiary/aromatic N) is 2. The van der Waals surface area contributed by atoms with Gasteiger partial charge >= 0.3 is 0 Å². The molecule has 1 aliphatic carbocycles. The summed E-state index contributed by atoms with van der Waals surface area (Å²) >= 11 is 1.61. The van der Waals surface area contributed by atoms with Gasteiger partial charge in [-0.3, -0.25) is 0 Å². The summed E-state index contributed by atoms with van der Waals surface area (Å²) in [7, 11) is 0. The fourth-order valence-electron chi connectivity index (χ4n) is 2.94. The van der Waals surface area contributed by atoms with Crippen molar-refractivity contribution >= 4 is 17.7 Å². The van der Waals surface area contributed by atoms with Gasteiger partial charge in [-0.1, -0.05) is 31.7 Å². The third kappa shape index (κ3) is 2.88. The van der Waals surface area contributed by atoms with Crippen molar-refractivity contribution in [3.05, 3.63) is 29.3 Å². The predicted octanol–water partition coefficient (Wildman–Crippen LogP) is -2.30. The van der Waals surface area contributed by atoms with Gasteiger partial charge in [0.25, 0.3) is 0 Å². The number of phenols is 1. The minimum Gasteiger partial charge on any atom is -1.00 e. The monoisotopic (exact) mass is 341 g/mol. The van der Waals surface area contributed by atoms with E-state index in [0.717, 1.165) is 6.42 Å². The number of phenolic OH excluding ortho intramolecular Hbond substituents is 1. The van der Waals surface area contributed by atoms with E-state index < -0.39 is 0 Å². The molecule has 0 saturated heterocycles. The van der Waals surface area contributed by atoms with Crippen LogP contribution in [0.1, 0.15) is 25.0 Å². The Morgan fingerprint density at radius 3 is 2.82 bits per heavy atom. The van der Waals surface area contributed by atoms with Crippen LogP contribution in [-0.2, 0) is 11.8 Å². The summed E-state index contributed by atoms with van der Waals surface area (Å²) in [6.45, 7) is 4.34. The molecule has 0 amide bonds. The van der Waals surface area contributed by atoms with Crippen LogP contribution in [0.3, 0.4) is 0 Å². The number of hydrogen-bond donors (Lipinski definition) is 4. The lowest BCUT2D eigenvalue weighted by atomic mass is 9.69. The van der Waals surface area contributed by atoms with Crippen molar-refractivity contribution in [2.24, 2.45) is 0 Å². The van der Waals surface area contributed by atoms with Crippen molar-refractivity contribution in [2.45, 2.75) is 42.1 Å². The van der Waals surface area contributed by atoms with Gasteiger partial charge in [0.05, 0.1) is 5.25 Å². The zero-order valence-corrected chi connectivity index (χ0v) is 14.1. The molecule has 6 nitrogen and oxygen atoms in total. The number of aromatic nitrogens is 3. The molecule has 3 rings (SSSR count). The highest BCUT2D eigenvalue weighted by molar-refractivity contribution is 7.99. The molecule has 0 radical (unpaired) electrons. The zero-order chi connectivity index (χ0) is 15.2. The second kappa shape index (κ2) is 5.98. The molecule has 0 unspecified atom stereocenters. The van der Waals surface area contributed by atoms with Gasteiger partial charge in [-0.05, 0) is 29.7 Å². The van der Waals surface area contributed by atoms with Crippen molar-refractivity contribution in [1.82, 2.24) is 15.2 Å². The number of nitrogen functional groups attached to an aromatic ring is 1. The Morgan fingerprint density at radius 2 is 2.18 bits per heavy atom. The number of thioether (sulfide) groups is 1. The number of fused-ring (bicyclic) bond motifs is 1. The lowest BCUT2D eigenvalue weighted by Crippen LogP contribution is -3.00. The molecule has 1 heterocycles. The maximum atomic E-state index is 9.75. The lowest BCUT2D eigenvalue weighted by molar-refractivity contribution is -0.435. The van der Waals surface area contributed by atoms with E-state index in [-0.39, 0.29) is 29.1 Å². The van der Waals surface area contributed by atoms with Crippen molar-refractivity contribution < 1.29 is 23.2 Å². The Balaban J connectivity index is 0.00000176. The van der Waals surface area contributed by atoms with Crippen LogP contribution in [0.15, 0.2) is 23.4 Å². The molecule has 0 aliphatic heterocycles. The van der Waals surface area contributed by atoms with Crippen LogP contribution in [0.4, 0.5) is 5.95 Å². The first-order chi connectivity index (χ1) is 9.88. The van der Waals surface area contributed by atoms with Gasteiger partial charge in [0.15, 0.2) is 0 Å². The molecule has 0 fully saturated rings. The number of anilines is 1. The molecule has 1 aliphatic rings. The van der Waals surface area contributed by atoms with Crippen molar-refractivity contribution in [3.8, 4) is 5.75 Å². The first-order valence-electron chi connectivity index (χ1n) is 6.88. The molecule has 7 N–H and O–H groups in total. The van der Waals surface area contributed by atoms with Crippen molar-refractivity contribution in [3.63, 3.8) is 0 Å². The number of quaternary nitrogens is 1. The van der Waals surface area contributed by atoms with Gasteiger partial charge in [0.2, 0.25) is 11.1 Å². The molecule has 2 atom stereocenters. The van der Waals surface area contributed by atoms with Gasteiger partial charge in [-0.15, -0.1) is 5.10 Å². The Labute approximate surface area is 139 Å². The molecule has 0 spiro atoms. The van der Waals surface area contributed by atoms with E-state index in [1.807, 2.05) is 12.1 Å². The first-order valence-corrected chi connectivity index (χ1v) is 7.76. The summed E-state index contributed by atoms with van der Waals surface area (Å²) < 4.78 is 0. The summed E-state index contributed by atoms with van der Waals surface area (Å²) in [5.41, 5.74) is 12.2. The van der Waals surface area contributed by atoms with Crippen LogP contribution in [0.2, 0.25) is 0 Å². The normalized spacial score (nSPS) is 22.7. The molecule has 8 heteroatoms. The number of hydrogen-bond acceptors (Lipinski definition) is 5. The van der Waals surface area contributed by atoms with E-state index in [9.17, 15) is 5.11 Å². The fraction of sp³-hybridized carbons (Fsp3) is 0.429. The number of aromatic hydroxyl groups is 1. The first kappa shape index (κ1) is 16.9. The number of H-pyrrole nitrogens is 1. The predicted molar refractivity (Wildman–Crippen MR) is 82.0 cm³/mol.